The van der Waals surface area contributed by atoms with Crippen molar-refractivity contribution >= 4 is 11.6 Å². The van der Waals surface area contributed by atoms with Gasteiger partial charge in [-0.05, 0) is 55.3 Å². The second-order valence-electron chi connectivity index (χ2n) is 5.55. The minimum atomic E-state index is 0.630. The molecule has 3 nitrogen and oxygen atoms in total. The summed E-state index contributed by atoms with van der Waals surface area (Å²) in [6, 6.07) is 9.38. The van der Waals surface area contributed by atoms with Gasteiger partial charge in [-0.2, -0.15) is 0 Å². The van der Waals surface area contributed by atoms with Gasteiger partial charge >= 0.3 is 0 Å². The molecule has 0 saturated carbocycles. The van der Waals surface area contributed by atoms with E-state index in [1.807, 2.05) is 25.3 Å². The number of halogens is 1. The summed E-state index contributed by atoms with van der Waals surface area (Å²) in [4.78, 5) is 4.40. The molecule has 0 amide bonds. The fraction of sp³-hybridized carbons (Fsp3) is 0.353. The molecule has 1 heterocycles. The van der Waals surface area contributed by atoms with Crippen molar-refractivity contribution in [2.45, 2.75) is 27.3 Å². The molecular formula is C17H21ClN2O. The van der Waals surface area contributed by atoms with Crippen molar-refractivity contribution in [3.05, 3.63) is 52.7 Å². The van der Waals surface area contributed by atoms with Crippen molar-refractivity contribution in [3.8, 4) is 11.6 Å². The third-order valence-electron chi connectivity index (χ3n) is 3.00. The van der Waals surface area contributed by atoms with E-state index in [9.17, 15) is 0 Å². The Morgan fingerprint density at radius 3 is 2.57 bits per heavy atom. The van der Waals surface area contributed by atoms with Gasteiger partial charge in [0.25, 0.3) is 0 Å². The van der Waals surface area contributed by atoms with Crippen LogP contribution < -0.4 is 10.1 Å². The average Bonchev–Trinajstić information content (AvgIpc) is 2.44. The molecule has 0 unspecified atom stereocenters. The van der Waals surface area contributed by atoms with Crippen LogP contribution in [-0.2, 0) is 6.54 Å². The number of hydrogen-bond donors (Lipinski definition) is 1. The maximum atomic E-state index is 5.86. The summed E-state index contributed by atoms with van der Waals surface area (Å²) in [5.41, 5.74) is 2.19. The highest BCUT2D eigenvalue weighted by atomic mass is 35.5. The number of rotatable bonds is 6. The van der Waals surface area contributed by atoms with E-state index in [4.69, 9.17) is 16.3 Å². The number of benzene rings is 1. The van der Waals surface area contributed by atoms with E-state index in [2.05, 4.69) is 30.2 Å². The lowest BCUT2D eigenvalue weighted by Gasteiger charge is -2.11. The van der Waals surface area contributed by atoms with Crippen LogP contribution in [-0.4, -0.2) is 11.5 Å². The first-order chi connectivity index (χ1) is 10.0. The SMILES string of the molecule is Cc1cc(CNCC(C)C)cnc1Oc1ccc(Cl)cc1. The summed E-state index contributed by atoms with van der Waals surface area (Å²) in [5, 5.41) is 4.10. The fourth-order valence-corrected chi connectivity index (χ4v) is 2.07. The van der Waals surface area contributed by atoms with Gasteiger partial charge in [0, 0.05) is 23.3 Å². The van der Waals surface area contributed by atoms with Gasteiger partial charge in [-0.25, -0.2) is 4.98 Å². The maximum absolute atomic E-state index is 5.86. The van der Waals surface area contributed by atoms with E-state index in [1.165, 1.54) is 0 Å². The monoisotopic (exact) mass is 304 g/mol. The quantitative estimate of drug-likeness (QED) is 0.848. The van der Waals surface area contributed by atoms with E-state index in [1.54, 1.807) is 12.1 Å². The van der Waals surface area contributed by atoms with Crippen molar-refractivity contribution in [1.29, 1.82) is 0 Å². The van der Waals surface area contributed by atoms with E-state index < -0.39 is 0 Å². The molecule has 0 radical (unpaired) electrons. The Morgan fingerprint density at radius 1 is 1.24 bits per heavy atom. The standard InChI is InChI=1S/C17H21ClN2O/c1-12(2)9-19-10-14-8-13(3)17(20-11-14)21-16-6-4-15(18)5-7-16/h4-8,11-12,19H,9-10H2,1-3H3. The lowest BCUT2D eigenvalue weighted by Crippen LogP contribution is -2.19. The molecule has 0 aliphatic heterocycles. The molecule has 0 atom stereocenters. The second-order valence-corrected chi connectivity index (χ2v) is 5.98. The highest BCUT2D eigenvalue weighted by Crippen LogP contribution is 2.24. The Labute approximate surface area is 131 Å². The number of nitrogens with zero attached hydrogens (tertiary/aromatic N) is 1. The predicted molar refractivity (Wildman–Crippen MR) is 87.0 cm³/mol. The Kier molecular flexibility index (Phi) is 5.59. The van der Waals surface area contributed by atoms with E-state index in [0.29, 0.717) is 16.8 Å². The Bertz CT molecular complexity index is 582. The number of aromatic nitrogens is 1. The molecule has 1 N–H and O–H groups in total. The predicted octanol–water partition coefficient (Wildman–Crippen LogP) is 4.58. The minimum absolute atomic E-state index is 0.630. The lowest BCUT2D eigenvalue weighted by molar-refractivity contribution is 0.458. The van der Waals surface area contributed by atoms with E-state index in [-0.39, 0.29) is 0 Å². The lowest BCUT2D eigenvalue weighted by atomic mass is 10.2. The van der Waals surface area contributed by atoms with Crippen LogP contribution in [0.5, 0.6) is 11.6 Å². The van der Waals surface area contributed by atoms with Gasteiger partial charge in [-0.3, -0.25) is 0 Å². The van der Waals surface area contributed by atoms with Crippen LogP contribution in [0, 0.1) is 12.8 Å². The van der Waals surface area contributed by atoms with Crippen molar-refractivity contribution in [3.63, 3.8) is 0 Å². The summed E-state index contributed by atoms with van der Waals surface area (Å²) < 4.78 is 5.77. The maximum Gasteiger partial charge on any atom is 0.222 e. The van der Waals surface area contributed by atoms with E-state index >= 15 is 0 Å². The number of aryl methyl sites for hydroxylation is 1. The van der Waals surface area contributed by atoms with Gasteiger partial charge in [-0.15, -0.1) is 0 Å². The van der Waals surface area contributed by atoms with Crippen LogP contribution in [0.4, 0.5) is 0 Å². The molecule has 1 aromatic carbocycles. The molecule has 112 valence electrons. The number of pyridine rings is 1. The van der Waals surface area contributed by atoms with Crippen LogP contribution in [0.2, 0.25) is 5.02 Å². The van der Waals surface area contributed by atoms with Crippen LogP contribution in [0.1, 0.15) is 25.0 Å². The zero-order valence-electron chi connectivity index (χ0n) is 12.7. The number of nitrogens with one attached hydrogen (secondary N) is 1. The average molecular weight is 305 g/mol. The third-order valence-corrected chi connectivity index (χ3v) is 3.25. The molecule has 0 fully saturated rings. The Balaban J connectivity index is 2.00. The van der Waals surface area contributed by atoms with Crippen molar-refractivity contribution in [1.82, 2.24) is 10.3 Å². The first-order valence-corrected chi connectivity index (χ1v) is 7.52. The van der Waals surface area contributed by atoms with Crippen molar-refractivity contribution in [2.24, 2.45) is 5.92 Å². The zero-order chi connectivity index (χ0) is 15.2. The largest absolute Gasteiger partial charge is 0.439 e. The molecule has 1 aromatic heterocycles. The fourth-order valence-electron chi connectivity index (χ4n) is 1.94. The van der Waals surface area contributed by atoms with Gasteiger partial charge in [0.05, 0.1) is 0 Å². The molecule has 2 aromatic rings. The third kappa shape index (κ3) is 5.03. The van der Waals surface area contributed by atoms with Crippen LogP contribution in [0.25, 0.3) is 0 Å². The van der Waals surface area contributed by atoms with Crippen LogP contribution in [0.3, 0.4) is 0 Å². The molecule has 0 saturated heterocycles. The van der Waals surface area contributed by atoms with Gasteiger partial charge < -0.3 is 10.1 Å². The first-order valence-electron chi connectivity index (χ1n) is 7.14. The first kappa shape index (κ1) is 15.8. The van der Waals surface area contributed by atoms with Gasteiger partial charge in [0.15, 0.2) is 0 Å². The van der Waals surface area contributed by atoms with Crippen LogP contribution >= 0.6 is 11.6 Å². The van der Waals surface area contributed by atoms with Crippen LogP contribution in [0.15, 0.2) is 36.5 Å². The normalized spacial score (nSPS) is 10.9. The Morgan fingerprint density at radius 2 is 1.95 bits per heavy atom. The zero-order valence-corrected chi connectivity index (χ0v) is 13.4. The molecular weight excluding hydrogens is 284 g/mol. The summed E-state index contributed by atoms with van der Waals surface area (Å²) in [7, 11) is 0. The molecule has 0 spiro atoms. The highest BCUT2D eigenvalue weighted by molar-refractivity contribution is 6.30. The van der Waals surface area contributed by atoms with Gasteiger partial charge in [-0.1, -0.05) is 25.4 Å². The van der Waals surface area contributed by atoms with Gasteiger partial charge in [0.1, 0.15) is 5.75 Å². The molecule has 4 heteroatoms. The summed E-state index contributed by atoms with van der Waals surface area (Å²) in [6.45, 7) is 8.22. The molecule has 2 rings (SSSR count). The topological polar surface area (TPSA) is 34.2 Å². The number of hydrogen-bond acceptors (Lipinski definition) is 3. The summed E-state index contributed by atoms with van der Waals surface area (Å²) in [6.07, 6.45) is 1.85. The number of ether oxygens (including phenoxy) is 1. The molecule has 0 aliphatic rings. The molecule has 0 aliphatic carbocycles. The van der Waals surface area contributed by atoms with E-state index in [0.717, 1.165) is 30.0 Å². The van der Waals surface area contributed by atoms with Crippen molar-refractivity contribution < 1.29 is 4.74 Å². The smallest absolute Gasteiger partial charge is 0.222 e. The summed E-state index contributed by atoms with van der Waals surface area (Å²) in [5.74, 6) is 2.01. The highest BCUT2D eigenvalue weighted by Gasteiger charge is 2.05. The second kappa shape index (κ2) is 7.43. The molecule has 0 bridgehead atoms. The van der Waals surface area contributed by atoms with Crippen molar-refractivity contribution in [2.75, 3.05) is 6.54 Å². The molecule has 21 heavy (non-hydrogen) atoms. The minimum Gasteiger partial charge on any atom is -0.439 e. The Hall–Kier alpha value is -1.58. The summed E-state index contributed by atoms with van der Waals surface area (Å²) >= 11 is 5.86. The van der Waals surface area contributed by atoms with Gasteiger partial charge in [0.2, 0.25) is 5.88 Å².